The first-order valence-corrected chi connectivity index (χ1v) is 6.61. The van der Waals surface area contributed by atoms with E-state index in [1.165, 1.54) is 30.3 Å². The Hall–Kier alpha value is -2.22. The molecule has 0 fully saturated rings. The molecule has 1 atom stereocenters. The van der Waals surface area contributed by atoms with Crippen molar-refractivity contribution in [2.75, 3.05) is 6.50 Å². The molecule has 2 aromatic carbocycles. The van der Waals surface area contributed by atoms with E-state index in [0.717, 1.165) is 12.1 Å². The minimum Gasteiger partial charge on any atom is -0.361 e. The molecule has 2 aromatic rings. The van der Waals surface area contributed by atoms with Crippen LogP contribution in [-0.2, 0) is 16.9 Å². The van der Waals surface area contributed by atoms with Gasteiger partial charge in [-0.2, -0.15) is 5.26 Å². The van der Waals surface area contributed by atoms with Crippen LogP contribution in [0.2, 0.25) is 0 Å². The van der Waals surface area contributed by atoms with Gasteiger partial charge in [0.15, 0.2) is 0 Å². The van der Waals surface area contributed by atoms with Crippen molar-refractivity contribution < 1.29 is 17.4 Å². The van der Waals surface area contributed by atoms with Crippen LogP contribution in [0.4, 0.5) is 4.39 Å². The minimum atomic E-state index is -3.19. The summed E-state index contributed by atoms with van der Waals surface area (Å²) in [6, 6.07) is 11.1. The molecule has 22 heavy (non-hydrogen) atoms. The van der Waals surface area contributed by atoms with Crippen LogP contribution in [0.15, 0.2) is 42.5 Å². The zero-order valence-electron chi connectivity index (χ0n) is 17.6. The van der Waals surface area contributed by atoms with Crippen LogP contribution in [0.5, 0.6) is 0 Å². The van der Waals surface area contributed by atoms with Gasteiger partial charge in [-0.15, -0.1) is 0 Å². The highest BCUT2D eigenvalue weighted by Crippen LogP contribution is 2.45. The number of rotatable bonds is 4. The third-order valence-electron chi connectivity index (χ3n) is 3.62. The van der Waals surface area contributed by atoms with Gasteiger partial charge in [0.05, 0.1) is 18.2 Å². The number of ether oxygens (including phenoxy) is 1. The van der Waals surface area contributed by atoms with Crippen molar-refractivity contribution in [2.45, 2.75) is 25.0 Å². The summed E-state index contributed by atoms with van der Waals surface area (Å²) in [5.41, 5.74) is 4.37. The average molecular weight is 302 g/mol. The van der Waals surface area contributed by atoms with E-state index in [-0.39, 0.29) is 17.7 Å². The Morgan fingerprint density at radius 3 is 2.77 bits per heavy atom. The van der Waals surface area contributed by atoms with E-state index in [9.17, 15) is 4.39 Å². The topological polar surface area (TPSA) is 59.0 Å². The molecule has 4 heteroatoms. The molecule has 1 heterocycles. The molecule has 0 spiro atoms. The van der Waals surface area contributed by atoms with Crippen molar-refractivity contribution >= 4 is 0 Å². The van der Waals surface area contributed by atoms with Crippen molar-refractivity contribution in [3.05, 3.63) is 70.5 Å². The van der Waals surface area contributed by atoms with Gasteiger partial charge >= 0.3 is 0 Å². The predicted octanol–water partition coefficient (Wildman–Crippen LogP) is 3.21. The summed E-state index contributed by atoms with van der Waals surface area (Å²) in [6.45, 7) is -3.17. The summed E-state index contributed by atoms with van der Waals surface area (Å²) >= 11 is 0. The molecule has 0 saturated carbocycles. The van der Waals surface area contributed by atoms with Gasteiger partial charge in [0.2, 0.25) is 0 Å². The molecule has 112 valence electrons. The first kappa shape index (κ1) is 9.04. The maximum atomic E-state index is 13.5. The normalized spacial score (nSPS) is 25.7. The van der Waals surface area contributed by atoms with Crippen LogP contribution in [0.3, 0.4) is 0 Å². The van der Waals surface area contributed by atoms with Gasteiger partial charge in [-0.1, -0.05) is 18.2 Å². The van der Waals surface area contributed by atoms with E-state index in [2.05, 4.69) is 0 Å². The number of halogens is 1. The average Bonchev–Trinajstić information content (AvgIpc) is 3.01. The lowest BCUT2D eigenvalue weighted by atomic mass is 9.81. The summed E-state index contributed by atoms with van der Waals surface area (Å²) in [6.07, 6.45) is -6.20. The van der Waals surface area contributed by atoms with E-state index in [1.807, 2.05) is 6.07 Å². The summed E-state index contributed by atoms with van der Waals surface area (Å²) < 4.78 is 68.2. The van der Waals surface area contributed by atoms with E-state index < -0.39 is 30.7 Å². The van der Waals surface area contributed by atoms with Crippen LogP contribution < -0.4 is 5.73 Å². The second-order valence-corrected chi connectivity index (χ2v) is 4.85. The van der Waals surface area contributed by atoms with E-state index in [4.69, 9.17) is 24.0 Å². The Labute approximate surface area is 137 Å². The van der Waals surface area contributed by atoms with E-state index >= 15 is 0 Å². The summed E-state index contributed by atoms with van der Waals surface area (Å²) in [4.78, 5) is 0. The van der Waals surface area contributed by atoms with E-state index in [0.29, 0.717) is 11.1 Å². The number of nitriles is 1. The number of hydrogen-bond acceptors (Lipinski definition) is 3. The number of nitrogens with zero attached hydrogens (tertiary/aromatic N) is 1. The molecule has 1 aliphatic rings. The molecule has 0 aromatic heterocycles. The fraction of sp³-hybridized carbons (Fsp3) is 0.278. The van der Waals surface area contributed by atoms with Gasteiger partial charge in [-0.05, 0) is 60.2 Å². The second-order valence-electron chi connectivity index (χ2n) is 4.85. The quantitative estimate of drug-likeness (QED) is 0.943. The fourth-order valence-electron chi connectivity index (χ4n) is 2.61. The summed E-state index contributed by atoms with van der Waals surface area (Å²) in [5.74, 6) is -0.574. The lowest BCUT2D eigenvalue weighted by Crippen LogP contribution is -2.28. The standard InChI is InChI=1S/C18H17FN2O/c19-16-5-3-15(4-6-16)18(8-1-9-20)17-7-2-13(11-21)10-14(17)12-22-18/h2-7,10H,1,8-9,12,20H2/t18-/m0/s1/i1D2,8D2,9D2. The Bertz CT molecular complexity index is 952. The minimum absolute atomic E-state index is 0.107. The fourth-order valence-corrected chi connectivity index (χ4v) is 2.61. The van der Waals surface area contributed by atoms with Crippen LogP contribution >= 0.6 is 0 Å². The molecule has 0 amide bonds. The maximum Gasteiger partial charge on any atom is 0.123 e. The Kier molecular flexibility index (Phi) is 2.42. The molecule has 1 aliphatic heterocycles. The van der Waals surface area contributed by atoms with E-state index in [1.54, 1.807) is 0 Å². The Morgan fingerprint density at radius 1 is 1.32 bits per heavy atom. The van der Waals surface area contributed by atoms with Gasteiger partial charge in [0.25, 0.3) is 0 Å². The molecule has 0 aliphatic carbocycles. The largest absolute Gasteiger partial charge is 0.361 e. The molecule has 0 saturated heterocycles. The lowest BCUT2D eigenvalue weighted by molar-refractivity contribution is -0.0126. The summed E-state index contributed by atoms with van der Waals surface area (Å²) in [7, 11) is 0. The molecule has 0 radical (unpaired) electrons. The van der Waals surface area contributed by atoms with Crippen molar-refractivity contribution in [3.8, 4) is 6.07 Å². The van der Waals surface area contributed by atoms with Gasteiger partial charge in [-0.3, -0.25) is 0 Å². The number of benzene rings is 2. The number of nitrogens with two attached hydrogens (primary N) is 1. The molecular weight excluding hydrogens is 279 g/mol. The highest BCUT2D eigenvalue weighted by atomic mass is 19.1. The third kappa shape index (κ3) is 2.39. The van der Waals surface area contributed by atoms with Gasteiger partial charge < -0.3 is 10.5 Å². The highest BCUT2D eigenvalue weighted by Gasteiger charge is 2.41. The molecule has 2 N–H and O–H groups in total. The van der Waals surface area contributed by atoms with Crippen molar-refractivity contribution in [1.82, 2.24) is 0 Å². The number of hydrogen-bond donors (Lipinski definition) is 1. The van der Waals surface area contributed by atoms with Gasteiger partial charge in [-0.25, -0.2) is 4.39 Å². The third-order valence-corrected chi connectivity index (χ3v) is 3.62. The van der Waals surface area contributed by atoms with Gasteiger partial charge in [0, 0.05) is 8.22 Å². The van der Waals surface area contributed by atoms with Crippen LogP contribution in [-0.4, -0.2) is 6.50 Å². The molecule has 3 rings (SSSR count). The van der Waals surface area contributed by atoms with Crippen LogP contribution in [0, 0.1) is 17.1 Å². The SMILES string of the molecule is [2H]C([2H])(N)C([2H])([2H])C([2H])([2H])[C@@]1(c2ccc(F)cc2)OCc2cc(C#N)ccc21. The van der Waals surface area contributed by atoms with Crippen molar-refractivity contribution in [2.24, 2.45) is 5.73 Å². The molecule has 3 nitrogen and oxygen atoms in total. The first-order chi connectivity index (χ1) is 12.9. The zero-order chi connectivity index (χ0) is 21.0. The lowest BCUT2D eigenvalue weighted by Gasteiger charge is -2.30. The smallest absolute Gasteiger partial charge is 0.123 e. The predicted molar refractivity (Wildman–Crippen MR) is 81.4 cm³/mol. The molecule has 0 unspecified atom stereocenters. The second kappa shape index (κ2) is 5.88. The van der Waals surface area contributed by atoms with Crippen LogP contribution in [0.25, 0.3) is 0 Å². The maximum absolute atomic E-state index is 13.5. The summed E-state index contributed by atoms with van der Waals surface area (Å²) in [5, 5.41) is 9.11. The first-order valence-electron chi connectivity index (χ1n) is 9.61. The van der Waals surface area contributed by atoms with Crippen molar-refractivity contribution in [3.63, 3.8) is 0 Å². The number of fused-ring (bicyclic) bond motifs is 1. The highest BCUT2D eigenvalue weighted by molar-refractivity contribution is 5.47. The van der Waals surface area contributed by atoms with Crippen molar-refractivity contribution in [1.29, 1.82) is 5.26 Å². The Balaban J connectivity index is 2.34. The zero-order valence-corrected chi connectivity index (χ0v) is 11.6. The van der Waals surface area contributed by atoms with Gasteiger partial charge in [0.1, 0.15) is 11.4 Å². The van der Waals surface area contributed by atoms with Crippen LogP contribution in [0.1, 0.15) is 43.2 Å². The Morgan fingerprint density at radius 2 is 2.09 bits per heavy atom. The molecular formula is C18H17FN2O. The monoisotopic (exact) mass is 302 g/mol. The molecule has 0 bridgehead atoms.